The Hall–Kier alpha value is -1.88. The Morgan fingerprint density at radius 3 is 2.62 bits per heavy atom. The smallest absolute Gasteiger partial charge is 0.113 e. The Morgan fingerprint density at radius 1 is 1.14 bits per heavy atom. The van der Waals surface area contributed by atoms with Gasteiger partial charge in [-0.3, -0.25) is 0 Å². The summed E-state index contributed by atoms with van der Waals surface area (Å²) in [4.78, 5) is 0. The van der Waals surface area contributed by atoms with E-state index in [9.17, 15) is 15.3 Å². The molecule has 0 aliphatic heterocycles. The number of aliphatic hydroxyl groups is 3. The highest BCUT2D eigenvalue weighted by atomic mass is 16.3. The summed E-state index contributed by atoms with van der Waals surface area (Å²) >= 11 is 0. The Balaban J connectivity index is 1.28. The van der Waals surface area contributed by atoms with Gasteiger partial charge in [0, 0.05) is 12.8 Å². The van der Waals surface area contributed by atoms with Crippen LogP contribution in [0.25, 0.3) is 0 Å². The van der Waals surface area contributed by atoms with Gasteiger partial charge in [0.05, 0.1) is 23.7 Å². The van der Waals surface area contributed by atoms with Gasteiger partial charge in [-0.05, 0) is 97.8 Å². The van der Waals surface area contributed by atoms with Gasteiger partial charge < -0.3 is 19.7 Å². The van der Waals surface area contributed by atoms with Crippen molar-refractivity contribution in [1.29, 1.82) is 0 Å². The fourth-order valence-corrected chi connectivity index (χ4v) is 7.87. The number of rotatable bonds is 7. The zero-order chi connectivity index (χ0) is 26.4. The normalized spacial score (nSPS) is 37.3. The fourth-order valence-electron chi connectivity index (χ4n) is 7.87. The van der Waals surface area contributed by atoms with Crippen molar-refractivity contribution < 1.29 is 19.7 Å². The molecule has 202 valence electrons. The van der Waals surface area contributed by atoms with Crippen LogP contribution in [0.15, 0.2) is 64.2 Å². The van der Waals surface area contributed by atoms with E-state index in [0.29, 0.717) is 30.6 Å². The predicted octanol–water partition coefficient (Wildman–Crippen LogP) is 6.57. The lowest BCUT2D eigenvalue weighted by atomic mass is 9.61. The number of fused-ring (bicyclic) bond motifs is 1. The van der Waals surface area contributed by atoms with E-state index in [1.165, 1.54) is 31.3 Å². The monoisotopic (exact) mass is 506 g/mol. The van der Waals surface area contributed by atoms with Crippen molar-refractivity contribution in [1.82, 2.24) is 0 Å². The zero-order valence-corrected chi connectivity index (χ0v) is 23.0. The van der Waals surface area contributed by atoms with Gasteiger partial charge in [-0.25, -0.2) is 0 Å². The number of hydrogen-bond acceptors (Lipinski definition) is 4. The largest absolute Gasteiger partial charge is 0.465 e. The molecule has 0 aromatic carbocycles. The maximum atomic E-state index is 11.2. The average Bonchev–Trinajstić information content (AvgIpc) is 3.39. The van der Waals surface area contributed by atoms with E-state index in [4.69, 9.17) is 4.42 Å². The summed E-state index contributed by atoms with van der Waals surface area (Å²) in [5.41, 5.74) is 3.29. The molecule has 4 heteroatoms. The molecule has 0 spiro atoms. The van der Waals surface area contributed by atoms with Crippen molar-refractivity contribution >= 4 is 0 Å². The van der Waals surface area contributed by atoms with Crippen molar-refractivity contribution in [2.24, 2.45) is 23.2 Å². The van der Waals surface area contributed by atoms with E-state index in [0.717, 1.165) is 48.3 Å². The SMILES string of the molecule is C=C1C(=CC=C2CCC[C@]3(C)[C@@H]([C@H](C)C=C[C@H](O)C4(c5ccc(CC)o5)CC4)CC[C@@H]23)C[C@@H](O)C[C@@H]1O. The first-order valence-corrected chi connectivity index (χ1v) is 14.6. The molecule has 0 bridgehead atoms. The molecule has 0 amide bonds. The number of aliphatic hydroxyl groups excluding tert-OH is 3. The molecule has 0 radical (unpaired) electrons. The Morgan fingerprint density at radius 2 is 1.92 bits per heavy atom. The van der Waals surface area contributed by atoms with Gasteiger partial charge in [0.1, 0.15) is 11.5 Å². The minimum atomic E-state index is -0.639. The van der Waals surface area contributed by atoms with Crippen molar-refractivity contribution in [3.05, 3.63) is 71.3 Å². The molecular weight excluding hydrogens is 460 g/mol. The van der Waals surface area contributed by atoms with Crippen LogP contribution in [-0.2, 0) is 11.8 Å². The van der Waals surface area contributed by atoms with Crippen molar-refractivity contribution in [3.63, 3.8) is 0 Å². The quantitative estimate of drug-likeness (QED) is 0.366. The summed E-state index contributed by atoms with van der Waals surface area (Å²) in [5.74, 6) is 3.51. The first kappa shape index (κ1) is 26.7. The Bertz CT molecular complexity index is 1090. The topological polar surface area (TPSA) is 73.8 Å². The maximum absolute atomic E-state index is 11.2. The minimum absolute atomic E-state index is 0.232. The first-order chi connectivity index (χ1) is 17.7. The van der Waals surface area contributed by atoms with Crippen LogP contribution in [0.1, 0.15) is 90.1 Å². The summed E-state index contributed by atoms with van der Waals surface area (Å²) < 4.78 is 6.03. The average molecular weight is 507 g/mol. The Kier molecular flexibility index (Phi) is 7.48. The van der Waals surface area contributed by atoms with Crippen LogP contribution in [0.2, 0.25) is 0 Å². The third-order valence-corrected chi connectivity index (χ3v) is 10.4. The highest BCUT2D eigenvalue weighted by molar-refractivity contribution is 5.39. The van der Waals surface area contributed by atoms with Crippen LogP contribution in [0.3, 0.4) is 0 Å². The van der Waals surface area contributed by atoms with Crippen LogP contribution in [0.4, 0.5) is 0 Å². The molecule has 37 heavy (non-hydrogen) atoms. The van der Waals surface area contributed by atoms with Crippen LogP contribution in [-0.4, -0.2) is 33.6 Å². The van der Waals surface area contributed by atoms with Crippen LogP contribution in [0.5, 0.6) is 0 Å². The highest BCUT2D eigenvalue weighted by Gasteiger charge is 2.53. The number of furan rings is 1. The molecule has 5 rings (SSSR count). The minimum Gasteiger partial charge on any atom is -0.465 e. The van der Waals surface area contributed by atoms with Crippen molar-refractivity contribution in [2.75, 3.05) is 0 Å². The van der Waals surface area contributed by atoms with Crippen LogP contribution < -0.4 is 0 Å². The van der Waals surface area contributed by atoms with Crippen molar-refractivity contribution in [2.45, 2.75) is 109 Å². The van der Waals surface area contributed by atoms with Crippen molar-refractivity contribution in [3.8, 4) is 0 Å². The molecule has 7 atom stereocenters. The van der Waals surface area contributed by atoms with Gasteiger partial charge in [0.25, 0.3) is 0 Å². The molecule has 1 heterocycles. The molecule has 4 aliphatic rings. The van der Waals surface area contributed by atoms with Gasteiger partial charge in [-0.2, -0.15) is 0 Å². The molecule has 4 nitrogen and oxygen atoms in total. The van der Waals surface area contributed by atoms with E-state index in [1.807, 2.05) is 6.07 Å². The summed E-state index contributed by atoms with van der Waals surface area (Å²) in [6.07, 6.45) is 16.9. The molecular formula is C33H46O4. The number of aryl methyl sites for hydroxylation is 1. The highest BCUT2D eigenvalue weighted by Crippen LogP contribution is 2.60. The summed E-state index contributed by atoms with van der Waals surface area (Å²) in [5, 5.41) is 31.5. The van der Waals surface area contributed by atoms with Gasteiger partial charge in [0.15, 0.2) is 0 Å². The maximum Gasteiger partial charge on any atom is 0.113 e. The summed E-state index contributed by atoms with van der Waals surface area (Å²) in [6, 6.07) is 4.11. The molecule has 1 aromatic heterocycles. The van der Waals surface area contributed by atoms with Crippen LogP contribution in [0, 0.1) is 23.2 Å². The van der Waals surface area contributed by atoms with Gasteiger partial charge in [0.2, 0.25) is 0 Å². The summed E-state index contributed by atoms with van der Waals surface area (Å²) in [6.45, 7) is 11.0. The van der Waals surface area contributed by atoms with E-state index in [-0.39, 0.29) is 10.8 Å². The lowest BCUT2D eigenvalue weighted by molar-refractivity contribution is 0.0862. The molecule has 4 fully saturated rings. The zero-order valence-electron chi connectivity index (χ0n) is 23.0. The van der Waals surface area contributed by atoms with E-state index >= 15 is 0 Å². The van der Waals surface area contributed by atoms with Gasteiger partial charge in [-0.1, -0.05) is 57.2 Å². The summed E-state index contributed by atoms with van der Waals surface area (Å²) in [7, 11) is 0. The predicted molar refractivity (Wildman–Crippen MR) is 148 cm³/mol. The molecule has 0 saturated heterocycles. The standard InChI is InChI=1S/C33H46O4/c1-5-26-11-15-31(37-26)33(17-18-33)30(36)14-8-21(2)27-12-13-28-23(7-6-16-32(27,28)4)9-10-24-19-25(34)20-29(35)22(24)3/h8-11,14-15,21,25,27-30,34-36H,3,5-7,12-13,16-20H2,1-2,4H3/t21-,25-,27-,28+,29+,30+,32-/m1/s1. The first-order valence-electron chi connectivity index (χ1n) is 14.6. The third kappa shape index (κ3) is 4.97. The molecule has 4 saturated carbocycles. The second-order valence-corrected chi connectivity index (χ2v) is 12.6. The molecule has 4 aliphatic carbocycles. The fraction of sp³-hybridized carbons (Fsp3) is 0.636. The number of hydrogen-bond donors (Lipinski definition) is 3. The van der Waals surface area contributed by atoms with Gasteiger partial charge >= 0.3 is 0 Å². The van der Waals surface area contributed by atoms with E-state index in [1.54, 1.807) is 0 Å². The lowest BCUT2D eigenvalue weighted by Gasteiger charge is -2.44. The number of allylic oxidation sites excluding steroid dienone is 4. The Labute approximate surface area is 222 Å². The molecule has 0 unspecified atom stereocenters. The molecule has 1 aromatic rings. The van der Waals surface area contributed by atoms with E-state index in [2.05, 4.69) is 57.7 Å². The van der Waals surface area contributed by atoms with E-state index < -0.39 is 18.3 Å². The second-order valence-electron chi connectivity index (χ2n) is 12.6. The lowest BCUT2D eigenvalue weighted by Crippen LogP contribution is -2.35. The third-order valence-electron chi connectivity index (χ3n) is 10.4. The molecule has 3 N–H and O–H groups in total. The van der Waals surface area contributed by atoms with Gasteiger partial charge in [-0.15, -0.1) is 0 Å². The second kappa shape index (κ2) is 10.4. The van der Waals surface area contributed by atoms with Crippen LogP contribution >= 0.6 is 0 Å².